The molecule has 7 nitrogen and oxygen atoms in total. The molecule has 0 saturated heterocycles. The first-order chi connectivity index (χ1) is 11.6. The molecule has 0 aliphatic rings. The number of nitrogens with one attached hydrogen (secondary N) is 1. The fourth-order valence-electron chi connectivity index (χ4n) is 2.32. The minimum atomic E-state index is -0.486. The lowest BCUT2D eigenvalue weighted by Gasteiger charge is -2.09. The van der Waals surface area contributed by atoms with E-state index in [-0.39, 0.29) is 12.0 Å². The zero-order valence-corrected chi connectivity index (χ0v) is 12.9. The van der Waals surface area contributed by atoms with E-state index in [0.29, 0.717) is 22.4 Å². The third-order valence-electron chi connectivity index (χ3n) is 3.58. The van der Waals surface area contributed by atoms with Crippen molar-refractivity contribution in [1.29, 1.82) is 0 Å². The van der Waals surface area contributed by atoms with Gasteiger partial charge in [-0.1, -0.05) is 12.1 Å². The van der Waals surface area contributed by atoms with Gasteiger partial charge in [0.05, 0.1) is 11.8 Å². The number of ether oxygens (including phenoxy) is 1. The molecule has 0 fully saturated rings. The molecule has 122 valence electrons. The number of carbonyl (C=O) groups excluding carboxylic acids is 1. The molecule has 0 radical (unpaired) electrons. The summed E-state index contributed by atoms with van der Waals surface area (Å²) < 4.78 is 7.29. The van der Waals surface area contributed by atoms with Crippen molar-refractivity contribution >= 4 is 16.8 Å². The van der Waals surface area contributed by atoms with E-state index in [1.165, 1.54) is 10.8 Å². The van der Waals surface area contributed by atoms with Crippen LogP contribution in [-0.2, 0) is 18.3 Å². The molecular weight excluding hydrogens is 310 g/mol. The van der Waals surface area contributed by atoms with Gasteiger partial charge < -0.3 is 9.30 Å². The van der Waals surface area contributed by atoms with Crippen molar-refractivity contribution in [2.24, 2.45) is 7.05 Å². The van der Waals surface area contributed by atoms with E-state index in [9.17, 15) is 9.59 Å². The average Bonchev–Trinajstić information content (AvgIpc) is 2.60. The summed E-state index contributed by atoms with van der Waals surface area (Å²) >= 11 is 0. The predicted molar refractivity (Wildman–Crippen MR) is 87.1 cm³/mol. The highest BCUT2D eigenvalue weighted by Crippen LogP contribution is 2.27. The van der Waals surface area contributed by atoms with Crippen LogP contribution in [0.1, 0.15) is 5.56 Å². The Kier molecular flexibility index (Phi) is 4.26. The molecule has 3 rings (SSSR count). The first-order valence-corrected chi connectivity index (χ1v) is 7.22. The topological polar surface area (TPSA) is 93.4 Å². The van der Waals surface area contributed by atoms with Gasteiger partial charge in [0, 0.05) is 19.4 Å². The minimum Gasteiger partial charge on any atom is -0.457 e. The molecule has 0 unspecified atom stereocenters. The second-order valence-electron chi connectivity index (χ2n) is 5.26. The Morgan fingerprint density at radius 2 is 2.00 bits per heavy atom. The number of nitrogens with zero attached hydrogens (tertiary/aromatic N) is 2. The van der Waals surface area contributed by atoms with E-state index in [1.54, 1.807) is 55.1 Å². The maximum absolute atomic E-state index is 12.1. The maximum Gasteiger partial charge on any atom is 0.276 e. The summed E-state index contributed by atoms with van der Waals surface area (Å²) in [7, 11) is 1.66. The molecule has 0 spiro atoms. The van der Waals surface area contributed by atoms with Gasteiger partial charge in [0.2, 0.25) is 5.91 Å². The Morgan fingerprint density at radius 1 is 1.25 bits per heavy atom. The van der Waals surface area contributed by atoms with Crippen molar-refractivity contribution in [2.45, 2.75) is 6.42 Å². The molecule has 1 aromatic carbocycles. The summed E-state index contributed by atoms with van der Waals surface area (Å²) in [6, 6.07) is 10.4. The fourth-order valence-corrected chi connectivity index (χ4v) is 2.32. The molecular formula is C17H15N3O4. The number of hydroxylamine groups is 1. The van der Waals surface area contributed by atoms with Crippen LogP contribution >= 0.6 is 0 Å². The Hall–Kier alpha value is -3.19. The van der Waals surface area contributed by atoms with Crippen molar-refractivity contribution in [3.63, 3.8) is 0 Å². The largest absolute Gasteiger partial charge is 0.457 e. The van der Waals surface area contributed by atoms with Crippen molar-refractivity contribution < 1.29 is 14.7 Å². The molecule has 2 heterocycles. The number of rotatable bonds is 4. The summed E-state index contributed by atoms with van der Waals surface area (Å²) in [6.07, 6.45) is 3.26. The lowest BCUT2D eigenvalue weighted by Crippen LogP contribution is -2.20. The van der Waals surface area contributed by atoms with E-state index in [2.05, 4.69) is 4.98 Å². The molecule has 2 aromatic heterocycles. The van der Waals surface area contributed by atoms with E-state index in [4.69, 9.17) is 9.94 Å². The smallest absolute Gasteiger partial charge is 0.276 e. The first-order valence-electron chi connectivity index (χ1n) is 7.22. The molecule has 0 saturated carbocycles. The number of amides is 1. The van der Waals surface area contributed by atoms with Gasteiger partial charge in [-0.05, 0) is 29.8 Å². The number of aryl methyl sites for hydroxylation is 1. The second kappa shape index (κ2) is 6.51. The Labute approximate surface area is 137 Å². The zero-order chi connectivity index (χ0) is 17.1. The highest BCUT2D eigenvalue weighted by Gasteiger charge is 2.09. The Balaban J connectivity index is 1.89. The zero-order valence-electron chi connectivity index (χ0n) is 12.9. The van der Waals surface area contributed by atoms with Crippen LogP contribution in [0.2, 0.25) is 0 Å². The van der Waals surface area contributed by atoms with Crippen molar-refractivity contribution in [3.05, 3.63) is 64.7 Å². The molecule has 24 heavy (non-hydrogen) atoms. The van der Waals surface area contributed by atoms with Crippen molar-refractivity contribution in [1.82, 2.24) is 15.0 Å². The number of benzene rings is 1. The van der Waals surface area contributed by atoms with Gasteiger partial charge in [0.1, 0.15) is 17.0 Å². The molecule has 0 aliphatic heterocycles. The molecule has 7 heteroatoms. The van der Waals surface area contributed by atoms with Crippen LogP contribution in [0.25, 0.3) is 10.9 Å². The number of fused-ring (bicyclic) bond motifs is 1. The summed E-state index contributed by atoms with van der Waals surface area (Å²) in [5.41, 5.74) is 2.48. The van der Waals surface area contributed by atoms with Gasteiger partial charge in [-0.15, -0.1) is 0 Å². The normalized spacial score (nSPS) is 10.6. The molecule has 3 aromatic rings. The quantitative estimate of drug-likeness (QED) is 0.563. The summed E-state index contributed by atoms with van der Waals surface area (Å²) in [5.74, 6) is 0.606. The maximum atomic E-state index is 12.1. The van der Waals surface area contributed by atoms with Gasteiger partial charge in [0.25, 0.3) is 5.56 Å². The number of pyridine rings is 2. The van der Waals surface area contributed by atoms with Gasteiger partial charge in [-0.3, -0.25) is 19.8 Å². The Bertz CT molecular complexity index is 948. The van der Waals surface area contributed by atoms with Crippen LogP contribution in [0.3, 0.4) is 0 Å². The molecule has 2 N–H and O–H groups in total. The third kappa shape index (κ3) is 3.11. The van der Waals surface area contributed by atoms with Gasteiger partial charge >= 0.3 is 0 Å². The van der Waals surface area contributed by atoms with E-state index in [0.717, 1.165) is 5.56 Å². The lowest BCUT2D eigenvalue weighted by molar-refractivity contribution is -0.128. The number of aromatic nitrogens is 2. The number of hydrogen-bond acceptors (Lipinski definition) is 5. The number of carbonyl (C=O) groups is 1. The highest BCUT2D eigenvalue weighted by molar-refractivity contribution is 5.84. The molecule has 0 bridgehead atoms. The predicted octanol–water partition coefficient (Wildman–Crippen LogP) is 1.77. The monoisotopic (exact) mass is 325 g/mol. The Morgan fingerprint density at radius 3 is 2.71 bits per heavy atom. The summed E-state index contributed by atoms with van der Waals surface area (Å²) in [6.45, 7) is 0. The summed E-state index contributed by atoms with van der Waals surface area (Å²) in [4.78, 5) is 27.3. The van der Waals surface area contributed by atoms with E-state index in [1.807, 2.05) is 0 Å². The van der Waals surface area contributed by atoms with Gasteiger partial charge in [-0.2, -0.15) is 0 Å². The van der Waals surface area contributed by atoms with Gasteiger partial charge in [0.15, 0.2) is 0 Å². The molecule has 0 aliphatic carbocycles. The van der Waals surface area contributed by atoms with Crippen LogP contribution in [-0.4, -0.2) is 20.7 Å². The standard InChI is InChI=1S/C17H15N3O4/c1-20-9-7-13-14(6-8-18-16(13)17(20)22)24-12-4-2-11(3-5-12)10-15(21)19-23/h2-9,23H,10H2,1H3,(H,19,21). The average molecular weight is 325 g/mol. The van der Waals surface area contributed by atoms with Crippen molar-refractivity contribution in [3.8, 4) is 11.5 Å². The van der Waals surface area contributed by atoms with Crippen LogP contribution in [0.15, 0.2) is 53.6 Å². The third-order valence-corrected chi connectivity index (χ3v) is 3.58. The van der Waals surface area contributed by atoms with E-state index < -0.39 is 5.91 Å². The SMILES string of the molecule is Cn1ccc2c(Oc3ccc(CC(=O)NO)cc3)ccnc2c1=O. The van der Waals surface area contributed by atoms with E-state index >= 15 is 0 Å². The molecule has 0 atom stereocenters. The van der Waals surface area contributed by atoms with Crippen LogP contribution < -0.4 is 15.8 Å². The van der Waals surface area contributed by atoms with Gasteiger partial charge in [-0.25, -0.2) is 5.48 Å². The lowest BCUT2D eigenvalue weighted by atomic mass is 10.1. The second-order valence-corrected chi connectivity index (χ2v) is 5.26. The van der Waals surface area contributed by atoms with Crippen LogP contribution in [0.4, 0.5) is 0 Å². The summed E-state index contributed by atoms with van der Waals surface area (Å²) in [5, 5.41) is 9.16. The minimum absolute atomic E-state index is 0.0744. The first kappa shape index (κ1) is 15.7. The molecule has 1 amide bonds. The highest BCUT2D eigenvalue weighted by atomic mass is 16.5. The van der Waals surface area contributed by atoms with Crippen molar-refractivity contribution in [2.75, 3.05) is 0 Å². The fraction of sp³-hybridized carbons (Fsp3) is 0.118. The van der Waals surface area contributed by atoms with Crippen LogP contribution in [0, 0.1) is 0 Å². The van der Waals surface area contributed by atoms with Crippen LogP contribution in [0.5, 0.6) is 11.5 Å². The number of hydrogen-bond donors (Lipinski definition) is 2.